The van der Waals surface area contributed by atoms with Crippen LogP contribution in [0.15, 0.2) is 12.1 Å². The molecule has 0 unspecified atom stereocenters. The standard InChI is InChI=1S/C13H18F2N2O/c1-3-5-6-17-13(18)9-7-10(14)12(16-4-2)11(15)8-9/h7-8,16H,3-6H2,1-2H3,(H,17,18). The van der Waals surface area contributed by atoms with Crippen molar-refractivity contribution in [3.63, 3.8) is 0 Å². The van der Waals surface area contributed by atoms with Crippen molar-refractivity contribution >= 4 is 11.6 Å². The molecular weight excluding hydrogens is 238 g/mol. The van der Waals surface area contributed by atoms with Crippen LogP contribution in [-0.2, 0) is 0 Å². The Kier molecular flexibility index (Phi) is 5.55. The van der Waals surface area contributed by atoms with E-state index in [1.54, 1.807) is 6.92 Å². The highest BCUT2D eigenvalue weighted by molar-refractivity contribution is 5.94. The highest BCUT2D eigenvalue weighted by atomic mass is 19.1. The minimum atomic E-state index is -0.752. The Labute approximate surface area is 106 Å². The fourth-order valence-corrected chi connectivity index (χ4v) is 1.53. The van der Waals surface area contributed by atoms with Crippen LogP contribution in [0.25, 0.3) is 0 Å². The highest BCUT2D eigenvalue weighted by Gasteiger charge is 2.14. The Morgan fingerprint density at radius 3 is 2.33 bits per heavy atom. The molecule has 1 aromatic carbocycles. The van der Waals surface area contributed by atoms with Crippen LogP contribution in [0.3, 0.4) is 0 Å². The lowest BCUT2D eigenvalue weighted by Crippen LogP contribution is -2.24. The summed E-state index contributed by atoms with van der Waals surface area (Å²) in [5.41, 5.74) is -0.189. The van der Waals surface area contributed by atoms with E-state index in [9.17, 15) is 13.6 Å². The Morgan fingerprint density at radius 1 is 1.22 bits per heavy atom. The van der Waals surface area contributed by atoms with Gasteiger partial charge in [-0.2, -0.15) is 0 Å². The maximum Gasteiger partial charge on any atom is 0.251 e. The van der Waals surface area contributed by atoms with Gasteiger partial charge in [0.2, 0.25) is 0 Å². The van der Waals surface area contributed by atoms with E-state index in [1.165, 1.54) is 0 Å². The highest BCUT2D eigenvalue weighted by Crippen LogP contribution is 2.20. The van der Waals surface area contributed by atoms with Crippen molar-refractivity contribution in [2.75, 3.05) is 18.4 Å². The number of hydrogen-bond donors (Lipinski definition) is 2. The number of hydrogen-bond acceptors (Lipinski definition) is 2. The summed E-state index contributed by atoms with van der Waals surface area (Å²) in [4.78, 5) is 11.6. The molecule has 5 heteroatoms. The Hall–Kier alpha value is -1.65. The third-order valence-electron chi connectivity index (χ3n) is 2.47. The van der Waals surface area contributed by atoms with Crippen molar-refractivity contribution in [1.29, 1.82) is 0 Å². The summed E-state index contributed by atoms with van der Waals surface area (Å²) in [6, 6.07) is 2.09. The largest absolute Gasteiger partial charge is 0.381 e. The van der Waals surface area contributed by atoms with Gasteiger partial charge in [-0.3, -0.25) is 4.79 Å². The van der Waals surface area contributed by atoms with Crippen molar-refractivity contribution in [2.24, 2.45) is 0 Å². The molecule has 2 N–H and O–H groups in total. The smallest absolute Gasteiger partial charge is 0.251 e. The van der Waals surface area contributed by atoms with Gasteiger partial charge in [-0.25, -0.2) is 8.78 Å². The summed E-state index contributed by atoms with van der Waals surface area (Å²) in [7, 11) is 0. The predicted molar refractivity (Wildman–Crippen MR) is 67.8 cm³/mol. The van der Waals surface area contributed by atoms with Crippen LogP contribution in [0, 0.1) is 11.6 Å². The zero-order chi connectivity index (χ0) is 13.5. The van der Waals surface area contributed by atoms with E-state index in [2.05, 4.69) is 10.6 Å². The normalized spacial score (nSPS) is 10.2. The number of halogens is 2. The first-order chi connectivity index (χ1) is 8.60. The van der Waals surface area contributed by atoms with Crippen molar-refractivity contribution in [2.45, 2.75) is 26.7 Å². The van der Waals surface area contributed by atoms with Crippen LogP contribution >= 0.6 is 0 Å². The SMILES string of the molecule is CCCCNC(=O)c1cc(F)c(NCC)c(F)c1. The average Bonchev–Trinajstić information content (AvgIpc) is 2.33. The number of amides is 1. The maximum atomic E-state index is 13.6. The van der Waals surface area contributed by atoms with Crippen molar-refractivity contribution in [3.05, 3.63) is 29.3 Å². The topological polar surface area (TPSA) is 41.1 Å². The maximum absolute atomic E-state index is 13.6. The van der Waals surface area contributed by atoms with Gasteiger partial charge in [-0.05, 0) is 25.5 Å². The van der Waals surface area contributed by atoms with E-state index in [-0.39, 0.29) is 11.3 Å². The molecule has 0 spiro atoms. The summed E-state index contributed by atoms with van der Waals surface area (Å²) in [6.07, 6.45) is 1.79. The average molecular weight is 256 g/mol. The monoisotopic (exact) mass is 256 g/mol. The molecule has 0 saturated carbocycles. The summed E-state index contributed by atoms with van der Waals surface area (Å²) < 4.78 is 27.1. The molecular formula is C13H18F2N2O. The second-order valence-corrected chi connectivity index (χ2v) is 3.95. The molecule has 0 aliphatic heterocycles. The van der Waals surface area contributed by atoms with Gasteiger partial charge in [-0.15, -0.1) is 0 Å². The number of nitrogens with one attached hydrogen (secondary N) is 2. The molecule has 3 nitrogen and oxygen atoms in total. The Bertz CT molecular complexity index is 398. The van der Waals surface area contributed by atoms with E-state index in [1.807, 2.05) is 6.92 Å². The molecule has 100 valence electrons. The van der Waals surface area contributed by atoms with E-state index < -0.39 is 17.5 Å². The summed E-state index contributed by atoms with van der Waals surface area (Å²) in [6.45, 7) is 4.66. The molecule has 0 aliphatic carbocycles. The number of unbranched alkanes of at least 4 members (excludes halogenated alkanes) is 1. The van der Waals surface area contributed by atoms with Crippen LogP contribution in [-0.4, -0.2) is 19.0 Å². The molecule has 0 atom stereocenters. The van der Waals surface area contributed by atoms with Crippen LogP contribution in [0.1, 0.15) is 37.0 Å². The minimum Gasteiger partial charge on any atom is -0.381 e. The van der Waals surface area contributed by atoms with Gasteiger partial charge in [0.25, 0.3) is 5.91 Å². The number of rotatable bonds is 6. The van der Waals surface area contributed by atoms with Crippen molar-refractivity contribution in [3.8, 4) is 0 Å². The molecule has 1 aromatic rings. The van der Waals surface area contributed by atoms with Crippen molar-refractivity contribution < 1.29 is 13.6 Å². The Balaban J connectivity index is 2.82. The van der Waals surface area contributed by atoms with Crippen LogP contribution in [0.5, 0.6) is 0 Å². The number of carbonyl (C=O) groups excluding carboxylic acids is 1. The number of carbonyl (C=O) groups is 1. The van der Waals surface area contributed by atoms with Gasteiger partial charge in [-0.1, -0.05) is 13.3 Å². The fourth-order valence-electron chi connectivity index (χ4n) is 1.53. The fraction of sp³-hybridized carbons (Fsp3) is 0.462. The van der Waals surface area contributed by atoms with Gasteiger partial charge < -0.3 is 10.6 Å². The molecule has 0 bridgehead atoms. The minimum absolute atomic E-state index is 0.00255. The third kappa shape index (κ3) is 3.68. The molecule has 18 heavy (non-hydrogen) atoms. The van der Waals surface area contributed by atoms with Crippen LogP contribution in [0.2, 0.25) is 0 Å². The van der Waals surface area contributed by atoms with E-state index >= 15 is 0 Å². The number of anilines is 1. The summed E-state index contributed by atoms with van der Waals surface area (Å²) in [5, 5.41) is 5.19. The second-order valence-electron chi connectivity index (χ2n) is 3.95. The predicted octanol–water partition coefficient (Wildman–Crippen LogP) is 2.93. The second kappa shape index (κ2) is 6.93. The molecule has 0 heterocycles. The zero-order valence-electron chi connectivity index (χ0n) is 10.6. The van der Waals surface area contributed by atoms with E-state index in [0.717, 1.165) is 25.0 Å². The summed E-state index contributed by atoms with van der Waals surface area (Å²) in [5.74, 6) is -1.96. The van der Waals surface area contributed by atoms with Crippen LogP contribution in [0.4, 0.5) is 14.5 Å². The molecule has 1 rings (SSSR count). The quantitative estimate of drug-likeness (QED) is 0.768. The first-order valence-corrected chi connectivity index (χ1v) is 6.11. The van der Waals surface area contributed by atoms with E-state index in [4.69, 9.17) is 0 Å². The molecule has 0 aromatic heterocycles. The zero-order valence-corrected chi connectivity index (χ0v) is 10.6. The first-order valence-electron chi connectivity index (χ1n) is 6.11. The molecule has 1 amide bonds. The first kappa shape index (κ1) is 14.4. The molecule has 0 aliphatic rings. The third-order valence-corrected chi connectivity index (χ3v) is 2.47. The van der Waals surface area contributed by atoms with Crippen LogP contribution < -0.4 is 10.6 Å². The lowest BCUT2D eigenvalue weighted by atomic mass is 10.1. The van der Waals surface area contributed by atoms with E-state index in [0.29, 0.717) is 13.1 Å². The molecule has 0 fully saturated rings. The van der Waals surface area contributed by atoms with Gasteiger partial charge in [0.05, 0.1) is 0 Å². The Morgan fingerprint density at radius 2 is 1.83 bits per heavy atom. The van der Waals surface area contributed by atoms with Gasteiger partial charge in [0.15, 0.2) is 0 Å². The van der Waals surface area contributed by atoms with Crippen molar-refractivity contribution in [1.82, 2.24) is 5.32 Å². The lowest BCUT2D eigenvalue weighted by Gasteiger charge is -2.09. The molecule has 0 saturated heterocycles. The summed E-state index contributed by atoms with van der Waals surface area (Å²) >= 11 is 0. The lowest BCUT2D eigenvalue weighted by molar-refractivity contribution is 0.0952. The van der Waals surface area contributed by atoms with Gasteiger partial charge in [0, 0.05) is 18.7 Å². The number of benzene rings is 1. The molecule has 0 radical (unpaired) electrons. The van der Waals surface area contributed by atoms with Gasteiger partial charge in [0.1, 0.15) is 17.3 Å². The van der Waals surface area contributed by atoms with Gasteiger partial charge >= 0.3 is 0 Å².